The Kier molecular flexibility index (Phi) is 4.91. The van der Waals surface area contributed by atoms with Crippen LogP contribution in [0.5, 0.6) is 5.75 Å². The Morgan fingerprint density at radius 1 is 1.38 bits per heavy atom. The van der Waals surface area contributed by atoms with E-state index in [2.05, 4.69) is 11.6 Å². The van der Waals surface area contributed by atoms with Gasteiger partial charge in [-0.15, -0.1) is 0 Å². The van der Waals surface area contributed by atoms with Gasteiger partial charge >= 0.3 is 0 Å². The second-order valence-corrected chi connectivity index (χ2v) is 7.68. The molecule has 1 aromatic carbocycles. The minimum absolute atomic E-state index is 0.0548. The van der Waals surface area contributed by atoms with E-state index in [-0.39, 0.29) is 11.4 Å². The molecule has 118 valence electrons. The Balaban J connectivity index is 2.04. The highest BCUT2D eigenvalue weighted by Gasteiger charge is 2.33. The maximum absolute atomic E-state index is 12.3. The van der Waals surface area contributed by atoms with Crippen LogP contribution < -0.4 is 9.46 Å². The van der Waals surface area contributed by atoms with E-state index in [4.69, 9.17) is 4.74 Å². The second kappa shape index (κ2) is 6.34. The van der Waals surface area contributed by atoms with E-state index >= 15 is 0 Å². The average Bonchev–Trinajstić information content (AvgIpc) is 2.49. The van der Waals surface area contributed by atoms with Crippen molar-refractivity contribution in [2.75, 3.05) is 13.7 Å². The van der Waals surface area contributed by atoms with Crippen molar-refractivity contribution < 1.29 is 18.3 Å². The summed E-state index contributed by atoms with van der Waals surface area (Å²) < 4.78 is 32.1. The van der Waals surface area contributed by atoms with Gasteiger partial charge in [0.25, 0.3) is 0 Å². The Bertz CT molecular complexity index is 577. The molecule has 0 unspecified atom stereocenters. The fourth-order valence-electron chi connectivity index (χ4n) is 2.56. The van der Waals surface area contributed by atoms with Crippen LogP contribution in [0.4, 0.5) is 0 Å². The Hall–Kier alpha value is -1.11. The normalized spacial score (nSPS) is 26.5. The summed E-state index contributed by atoms with van der Waals surface area (Å²) in [4.78, 5) is 0.148. The summed E-state index contributed by atoms with van der Waals surface area (Å²) >= 11 is 0. The van der Waals surface area contributed by atoms with Crippen LogP contribution in [0.2, 0.25) is 0 Å². The first-order chi connectivity index (χ1) is 9.85. The third-order valence-electron chi connectivity index (χ3n) is 4.15. The van der Waals surface area contributed by atoms with Gasteiger partial charge in [-0.25, -0.2) is 13.1 Å². The zero-order valence-corrected chi connectivity index (χ0v) is 13.3. The van der Waals surface area contributed by atoms with Gasteiger partial charge < -0.3 is 9.84 Å². The predicted molar refractivity (Wildman–Crippen MR) is 80.8 cm³/mol. The van der Waals surface area contributed by atoms with Crippen molar-refractivity contribution in [2.24, 2.45) is 5.92 Å². The molecule has 2 N–H and O–H groups in total. The van der Waals surface area contributed by atoms with Crippen LogP contribution in [0.25, 0.3) is 0 Å². The van der Waals surface area contributed by atoms with E-state index in [1.807, 2.05) is 0 Å². The molecule has 2 rings (SSSR count). The third kappa shape index (κ3) is 4.18. The van der Waals surface area contributed by atoms with Crippen molar-refractivity contribution in [1.82, 2.24) is 4.72 Å². The highest BCUT2D eigenvalue weighted by molar-refractivity contribution is 7.89. The SMILES string of the molecule is COc1cccc(S(=O)(=O)NCC2(O)CCC(C)CC2)c1. The largest absolute Gasteiger partial charge is 0.497 e. The van der Waals surface area contributed by atoms with E-state index in [1.165, 1.54) is 19.2 Å². The minimum Gasteiger partial charge on any atom is -0.497 e. The standard InChI is InChI=1S/C15H23NO4S/c1-12-6-8-15(17,9-7-12)11-16-21(18,19)14-5-3-4-13(10-14)20-2/h3-5,10,12,16-17H,6-9,11H2,1-2H3. The van der Waals surface area contributed by atoms with Gasteiger partial charge in [0.05, 0.1) is 17.6 Å². The van der Waals surface area contributed by atoms with Crippen LogP contribution in [0.3, 0.4) is 0 Å². The molecule has 0 heterocycles. The van der Waals surface area contributed by atoms with Gasteiger partial charge in [0.15, 0.2) is 0 Å². The molecule has 0 amide bonds. The van der Waals surface area contributed by atoms with Gasteiger partial charge in [0, 0.05) is 12.6 Å². The van der Waals surface area contributed by atoms with Gasteiger partial charge in [-0.1, -0.05) is 13.0 Å². The Morgan fingerprint density at radius 2 is 2.05 bits per heavy atom. The number of aliphatic hydroxyl groups is 1. The lowest BCUT2D eigenvalue weighted by molar-refractivity contribution is -0.00182. The molecule has 0 bridgehead atoms. The van der Waals surface area contributed by atoms with Crippen LogP contribution in [-0.2, 0) is 10.0 Å². The number of methoxy groups -OCH3 is 1. The number of hydrogen-bond acceptors (Lipinski definition) is 4. The first kappa shape index (κ1) is 16.3. The number of hydrogen-bond donors (Lipinski definition) is 2. The monoisotopic (exact) mass is 313 g/mol. The summed E-state index contributed by atoms with van der Waals surface area (Å²) in [6, 6.07) is 6.30. The molecule has 1 fully saturated rings. The van der Waals surface area contributed by atoms with Crippen molar-refractivity contribution in [3.05, 3.63) is 24.3 Å². The van der Waals surface area contributed by atoms with E-state index in [0.29, 0.717) is 24.5 Å². The highest BCUT2D eigenvalue weighted by atomic mass is 32.2. The number of ether oxygens (including phenoxy) is 1. The van der Waals surface area contributed by atoms with Gasteiger partial charge in [-0.2, -0.15) is 0 Å². The zero-order valence-electron chi connectivity index (χ0n) is 12.5. The average molecular weight is 313 g/mol. The molecule has 0 saturated heterocycles. The molecule has 1 saturated carbocycles. The number of sulfonamides is 1. The molecule has 1 aliphatic rings. The molecule has 5 nitrogen and oxygen atoms in total. The molecule has 0 aromatic heterocycles. The lowest BCUT2D eigenvalue weighted by Gasteiger charge is -2.34. The summed E-state index contributed by atoms with van der Waals surface area (Å²) in [5.74, 6) is 1.09. The van der Waals surface area contributed by atoms with E-state index in [0.717, 1.165) is 12.8 Å². The molecule has 0 spiro atoms. The molecule has 0 radical (unpaired) electrons. The van der Waals surface area contributed by atoms with Crippen LogP contribution >= 0.6 is 0 Å². The van der Waals surface area contributed by atoms with E-state index < -0.39 is 15.6 Å². The first-order valence-electron chi connectivity index (χ1n) is 7.21. The zero-order chi connectivity index (χ0) is 15.5. The van der Waals surface area contributed by atoms with Crippen LogP contribution in [0, 0.1) is 5.92 Å². The lowest BCUT2D eigenvalue weighted by atomic mass is 9.80. The molecule has 1 aliphatic carbocycles. The summed E-state index contributed by atoms with van der Waals surface area (Å²) in [5, 5.41) is 10.4. The van der Waals surface area contributed by atoms with Crippen LogP contribution in [0.15, 0.2) is 29.2 Å². The molecular weight excluding hydrogens is 290 g/mol. The number of benzene rings is 1. The van der Waals surface area contributed by atoms with Crippen LogP contribution in [0.1, 0.15) is 32.6 Å². The summed E-state index contributed by atoms with van der Waals surface area (Å²) in [6.45, 7) is 2.21. The molecular formula is C15H23NO4S. The summed E-state index contributed by atoms with van der Waals surface area (Å²) in [7, 11) is -2.14. The van der Waals surface area contributed by atoms with Crippen LogP contribution in [-0.4, -0.2) is 32.8 Å². The summed E-state index contributed by atoms with van der Waals surface area (Å²) in [6.07, 6.45) is 3.12. The van der Waals surface area contributed by atoms with Crippen molar-refractivity contribution in [1.29, 1.82) is 0 Å². The Labute approximate surface area is 126 Å². The first-order valence-corrected chi connectivity index (χ1v) is 8.69. The molecule has 1 aromatic rings. The van der Waals surface area contributed by atoms with Gasteiger partial charge in [-0.05, 0) is 43.7 Å². The van der Waals surface area contributed by atoms with E-state index in [1.54, 1.807) is 12.1 Å². The number of nitrogens with one attached hydrogen (secondary N) is 1. The lowest BCUT2D eigenvalue weighted by Crippen LogP contribution is -2.45. The van der Waals surface area contributed by atoms with Gasteiger partial charge in [0.2, 0.25) is 10.0 Å². The summed E-state index contributed by atoms with van der Waals surface area (Å²) in [5.41, 5.74) is -0.932. The quantitative estimate of drug-likeness (QED) is 0.871. The van der Waals surface area contributed by atoms with Gasteiger partial charge in [0.1, 0.15) is 5.75 Å². The third-order valence-corrected chi connectivity index (χ3v) is 5.55. The molecule has 0 aliphatic heterocycles. The minimum atomic E-state index is -3.63. The Morgan fingerprint density at radius 3 is 2.67 bits per heavy atom. The van der Waals surface area contributed by atoms with E-state index in [9.17, 15) is 13.5 Å². The maximum Gasteiger partial charge on any atom is 0.240 e. The molecule has 6 heteroatoms. The fourth-order valence-corrected chi connectivity index (χ4v) is 3.71. The topological polar surface area (TPSA) is 75.6 Å². The maximum atomic E-state index is 12.3. The predicted octanol–water partition coefficient (Wildman–Crippen LogP) is 1.91. The molecule has 0 atom stereocenters. The molecule has 21 heavy (non-hydrogen) atoms. The highest BCUT2D eigenvalue weighted by Crippen LogP contribution is 2.31. The van der Waals surface area contributed by atoms with Crippen molar-refractivity contribution >= 4 is 10.0 Å². The fraction of sp³-hybridized carbons (Fsp3) is 0.600. The van der Waals surface area contributed by atoms with Crippen molar-refractivity contribution in [3.63, 3.8) is 0 Å². The van der Waals surface area contributed by atoms with Gasteiger partial charge in [-0.3, -0.25) is 0 Å². The van der Waals surface area contributed by atoms with Crippen molar-refractivity contribution in [2.45, 2.75) is 43.1 Å². The number of rotatable bonds is 5. The van der Waals surface area contributed by atoms with Crippen molar-refractivity contribution in [3.8, 4) is 5.75 Å². The second-order valence-electron chi connectivity index (χ2n) is 5.91. The smallest absolute Gasteiger partial charge is 0.240 e.